The molecule has 2 fully saturated rings. The van der Waals surface area contributed by atoms with Gasteiger partial charge in [-0.2, -0.15) is 0 Å². The number of hydrogen-bond acceptors (Lipinski definition) is 5. The first-order valence-corrected chi connectivity index (χ1v) is 10.4. The van der Waals surface area contributed by atoms with Crippen LogP contribution in [0.3, 0.4) is 0 Å². The number of hydrogen-bond donors (Lipinski definition) is 0. The summed E-state index contributed by atoms with van der Waals surface area (Å²) >= 11 is 0. The molecule has 0 spiro atoms. The molecule has 0 aliphatic carbocycles. The number of rotatable bonds is 5. The van der Waals surface area contributed by atoms with Gasteiger partial charge in [-0.3, -0.25) is 14.6 Å². The minimum absolute atomic E-state index is 0.292. The van der Waals surface area contributed by atoms with E-state index in [1.165, 1.54) is 6.42 Å². The second-order valence-corrected chi connectivity index (χ2v) is 7.97. The van der Waals surface area contributed by atoms with Crippen molar-refractivity contribution in [3.63, 3.8) is 0 Å². The SMILES string of the molecule is CC1CCCCN1C(=O)CN1CCN(Cc2ncc(-c3ccccc3)o2)CC1. The molecule has 0 saturated carbocycles. The number of aromatic nitrogens is 1. The van der Waals surface area contributed by atoms with Gasteiger partial charge in [0.2, 0.25) is 11.8 Å². The minimum Gasteiger partial charge on any atom is -0.439 e. The first kappa shape index (κ1) is 19.2. The normalized spacial score (nSPS) is 21.8. The van der Waals surface area contributed by atoms with Crippen LogP contribution < -0.4 is 0 Å². The highest BCUT2D eigenvalue weighted by molar-refractivity contribution is 5.78. The van der Waals surface area contributed by atoms with Crippen LogP contribution in [-0.4, -0.2) is 70.9 Å². The molecule has 1 aromatic heterocycles. The molecule has 2 saturated heterocycles. The van der Waals surface area contributed by atoms with Crippen molar-refractivity contribution in [3.05, 3.63) is 42.4 Å². The lowest BCUT2D eigenvalue weighted by Gasteiger charge is -2.37. The van der Waals surface area contributed by atoms with Gasteiger partial charge in [-0.15, -0.1) is 0 Å². The van der Waals surface area contributed by atoms with Crippen LogP contribution in [0.5, 0.6) is 0 Å². The zero-order chi connectivity index (χ0) is 19.3. The molecule has 3 heterocycles. The molecule has 4 rings (SSSR count). The van der Waals surface area contributed by atoms with Crippen LogP contribution in [0.1, 0.15) is 32.1 Å². The standard InChI is InChI=1S/C22H30N4O2/c1-18-7-5-6-10-26(18)22(27)17-25-13-11-24(12-14-25)16-21-23-15-20(28-21)19-8-3-2-4-9-19/h2-4,8-9,15,18H,5-7,10-14,16-17H2,1H3. The van der Waals surface area contributed by atoms with Crippen molar-refractivity contribution in [2.75, 3.05) is 39.3 Å². The fraction of sp³-hybridized carbons (Fsp3) is 0.545. The van der Waals surface area contributed by atoms with Gasteiger partial charge < -0.3 is 9.32 Å². The number of oxazole rings is 1. The molecule has 2 aliphatic heterocycles. The van der Waals surface area contributed by atoms with E-state index in [0.717, 1.165) is 69.3 Å². The zero-order valence-corrected chi connectivity index (χ0v) is 16.7. The van der Waals surface area contributed by atoms with Crippen LogP contribution in [-0.2, 0) is 11.3 Å². The van der Waals surface area contributed by atoms with Crippen molar-refractivity contribution in [2.24, 2.45) is 0 Å². The Morgan fingerprint density at radius 3 is 2.57 bits per heavy atom. The molecule has 150 valence electrons. The summed E-state index contributed by atoms with van der Waals surface area (Å²) in [5.74, 6) is 1.86. The lowest BCUT2D eigenvalue weighted by Crippen LogP contribution is -2.51. The predicted molar refractivity (Wildman–Crippen MR) is 109 cm³/mol. The molecule has 1 aromatic carbocycles. The van der Waals surface area contributed by atoms with Crippen LogP contribution in [0.25, 0.3) is 11.3 Å². The molecule has 0 bridgehead atoms. The van der Waals surface area contributed by atoms with E-state index in [4.69, 9.17) is 4.42 Å². The average molecular weight is 383 g/mol. The summed E-state index contributed by atoms with van der Waals surface area (Å²) in [6, 6.07) is 10.5. The molecule has 1 unspecified atom stereocenters. The number of nitrogens with zero attached hydrogens (tertiary/aromatic N) is 4. The van der Waals surface area contributed by atoms with Crippen LogP contribution in [0, 0.1) is 0 Å². The van der Waals surface area contributed by atoms with Gasteiger partial charge in [0.25, 0.3) is 0 Å². The molecular weight excluding hydrogens is 352 g/mol. The fourth-order valence-corrected chi connectivity index (χ4v) is 4.17. The highest BCUT2D eigenvalue weighted by Gasteiger charge is 2.26. The molecule has 0 N–H and O–H groups in total. The Labute approximate surface area is 167 Å². The third-order valence-electron chi connectivity index (χ3n) is 5.92. The topological polar surface area (TPSA) is 52.8 Å². The predicted octanol–water partition coefficient (Wildman–Crippen LogP) is 2.86. The van der Waals surface area contributed by atoms with Crippen molar-refractivity contribution in [1.82, 2.24) is 19.7 Å². The van der Waals surface area contributed by atoms with Crippen molar-refractivity contribution < 1.29 is 9.21 Å². The fourth-order valence-electron chi connectivity index (χ4n) is 4.17. The maximum atomic E-state index is 12.6. The molecule has 0 radical (unpaired) electrons. The first-order valence-electron chi connectivity index (χ1n) is 10.4. The summed E-state index contributed by atoms with van der Waals surface area (Å²) in [6.07, 6.45) is 5.33. The number of likely N-dealkylation sites (tertiary alicyclic amines) is 1. The first-order chi connectivity index (χ1) is 13.7. The summed E-state index contributed by atoms with van der Waals surface area (Å²) in [6.45, 7) is 8.08. The van der Waals surface area contributed by atoms with Gasteiger partial charge in [0.1, 0.15) is 0 Å². The maximum Gasteiger partial charge on any atom is 0.236 e. The Morgan fingerprint density at radius 2 is 1.82 bits per heavy atom. The van der Waals surface area contributed by atoms with E-state index in [1.807, 2.05) is 30.3 Å². The van der Waals surface area contributed by atoms with Gasteiger partial charge in [-0.25, -0.2) is 4.98 Å². The van der Waals surface area contributed by atoms with Crippen molar-refractivity contribution in [2.45, 2.75) is 38.8 Å². The van der Waals surface area contributed by atoms with Gasteiger partial charge in [0, 0.05) is 44.3 Å². The van der Waals surface area contributed by atoms with Crippen molar-refractivity contribution in [3.8, 4) is 11.3 Å². The summed E-state index contributed by atoms with van der Waals surface area (Å²) < 4.78 is 5.93. The monoisotopic (exact) mass is 382 g/mol. The van der Waals surface area contributed by atoms with E-state index in [2.05, 4.69) is 26.6 Å². The van der Waals surface area contributed by atoms with Gasteiger partial charge in [0.15, 0.2) is 5.76 Å². The van der Waals surface area contributed by atoms with Crippen LogP contribution in [0.4, 0.5) is 0 Å². The zero-order valence-electron chi connectivity index (χ0n) is 16.7. The third kappa shape index (κ3) is 4.62. The molecule has 2 aliphatic rings. The molecule has 28 heavy (non-hydrogen) atoms. The summed E-state index contributed by atoms with van der Waals surface area (Å²) in [4.78, 5) is 23.8. The van der Waals surface area contributed by atoms with E-state index in [0.29, 0.717) is 18.5 Å². The number of benzene rings is 1. The second-order valence-electron chi connectivity index (χ2n) is 7.97. The Hall–Kier alpha value is -2.18. The number of amides is 1. The van der Waals surface area contributed by atoms with Crippen molar-refractivity contribution in [1.29, 1.82) is 0 Å². The number of piperazine rings is 1. The Morgan fingerprint density at radius 1 is 1.07 bits per heavy atom. The van der Waals surface area contributed by atoms with Gasteiger partial charge in [-0.05, 0) is 26.2 Å². The lowest BCUT2D eigenvalue weighted by atomic mass is 10.0. The highest BCUT2D eigenvalue weighted by Crippen LogP contribution is 2.21. The van der Waals surface area contributed by atoms with Gasteiger partial charge >= 0.3 is 0 Å². The van der Waals surface area contributed by atoms with E-state index >= 15 is 0 Å². The van der Waals surface area contributed by atoms with Gasteiger partial charge in [-0.1, -0.05) is 30.3 Å². The molecular formula is C22H30N4O2. The molecule has 2 aromatic rings. The summed E-state index contributed by atoms with van der Waals surface area (Å²) in [5, 5.41) is 0. The van der Waals surface area contributed by atoms with E-state index < -0.39 is 0 Å². The average Bonchev–Trinajstić information content (AvgIpc) is 3.19. The molecule has 1 amide bonds. The second kappa shape index (κ2) is 8.88. The molecule has 1 atom stereocenters. The van der Waals surface area contributed by atoms with Gasteiger partial charge in [0.05, 0.1) is 19.3 Å². The summed E-state index contributed by atoms with van der Waals surface area (Å²) in [5.41, 5.74) is 1.05. The smallest absolute Gasteiger partial charge is 0.236 e. The quantitative estimate of drug-likeness (QED) is 0.796. The number of piperidine rings is 1. The molecule has 6 heteroatoms. The number of carbonyl (C=O) groups is 1. The highest BCUT2D eigenvalue weighted by atomic mass is 16.4. The minimum atomic E-state index is 0.292. The van der Waals surface area contributed by atoms with Crippen LogP contribution in [0.15, 0.2) is 40.9 Å². The Bertz CT molecular complexity index is 768. The van der Waals surface area contributed by atoms with E-state index in [-0.39, 0.29) is 0 Å². The third-order valence-corrected chi connectivity index (χ3v) is 5.92. The Kier molecular flexibility index (Phi) is 6.07. The number of carbonyl (C=O) groups excluding carboxylic acids is 1. The Balaban J connectivity index is 1.24. The van der Waals surface area contributed by atoms with Crippen LogP contribution in [0.2, 0.25) is 0 Å². The van der Waals surface area contributed by atoms with E-state index in [1.54, 1.807) is 6.20 Å². The maximum absolute atomic E-state index is 12.6. The largest absolute Gasteiger partial charge is 0.439 e. The lowest BCUT2D eigenvalue weighted by molar-refractivity contribution is -0.136. The molecule has 6 nitrogen and oxygen atoms in total. The van der Waals surface area contributed by atoms with Crippen LogP contribution >= 0.6 is 0 Å². The van der Waals surface area contributed by atoms with E-state index in [9.17, 15) is 4.79 Å². The van der Waals surface area contributed by atoms with Crippen molar-refractivity contribution >= 4 is 5.91 Å². The summed E-state index contributed by atoms with van der Waals surface area (Å²) in [7, 11) is 0.